The summed E-state index contributed by atoms with van der Waals surface area (Å²) < 4.78 is 0. The molecule has 0 aliphatic carbocycles. The highest BCUT2D eigenvalue weighted by atomic mass is 35.5. The molecule has 0 atom stereocenters. The summed E-state index contributed by atoms with van der Waals surface area (Å²) in [5.41, 5.74) is 3.95. The second-order valence-corrected chi connectivity index (χ2v) is 5.77. The van der Waals surface area contributed by atoms with Crippen LogP contribution in [0.3, 0.4) is 0 Å². The molecule has 0 unspecified atom stereocenters. The largest absolute Gasteiger partial charge is 0.321 e. The van der Waals surface area contributed by atoms with Gasteiger partial charge in [0.25, 0.3) is 5.91 Å². The molecule has 0 saturated carbocycles. The fourth-order valence-electron chi connectivity index (χ4n) is 2.74. The van der Waals surface area contributed by atoms with Crippen LogP contribution >= 0.6 is 11.6 Å². The fourth-order valence-corrected chi connectivity index (χ4v) is 2.93. The summed E-state index contributed by atoms with van der Waals surface area (Å²) in [6, 6.07) is 14.9. The first kappa shape index (κ1) is 15.5. The van der Waals surface area contributed by atoms with E-state index in [-0.39, 0.29) is 5.91 Å². The monoisotopic (exact) mass is 324 g/mol. The summed E-state index contributed by atoms with van der Waals surface area (Å²) in [4.78, 5) is 17.5. The van der Waals surface area contributed by atoms with Gasteiger partial charge >= 0.3 is 0 Å². The predicted octanol–water partition coefficient (Wildman–Crippen LogP) is 5.01. The van der Waals surface area contributed by atoms with Gasteiger partial charge in [0.2, 0.25) is 0 Å². The number of aryl methyl sites for hydroxylation is 1. The standard InChI is InChI=1S/C19H17ClN2O/c1-3-15-12(2)18(13-8-4-6-10-16(13)21-15)19(23)22-17-11-7-5-9-14(17)20/h4-11H,3H2,1-2H3,(H,22,23). The van der Waals surface area contributed by atoms with Crippen LogP contribution < -0.4 is 5.32 Å². The van der Waals surface area contributed by atoms with Gasteiger partial charge in [-0.15, -0.1) is 0 Å². The van der Waals surface area contributed by atoms with Crippen molar-refractivity contribution in [1.82, 2.24) is 4.98 Å². The third-order valence-corrected chi connectivity index (χ3v) is 4.25. The molecule has 0 radical (unpaired) electrons. The summed E-state index contributed by atoms with van der Waals surface area (Å²) >= 11 is 6.15. The Morgan fingerprint density at radius 3 is 2.57 bits per heavy atom. The van der Waals surface area contributed by atoms with Crippen molar-refractivity contribution in [1.29, 1.82) is 0 Å². The van der Waals surface area contributed by atoms with E-state index in [0.717, 1.165) is 28.6 Å². The van der Waals surface area contributed by atoms with Crippen molar-refractivity contribution >= 4 is 34.1 Å². The van der Waals surface area contributed by atoms with Crippen LogP contribution in [0.4, 0.5) is 5.69 Å². The highest BCUT2D eigenvalue weighted by molar-refractivity contribution is 6.34. The number of carbonyl (C=O) groups excluding carboxylic acids is 1. The van der Waals surface area contributed by atoms with Crippen LogP contribution in [0.5, 0.6) is 0 Å². The number of para-hydroxylation sites is 2. The number of carbonyl (C=O) groups is 1. The number of amides is 1. The van der Waals surface area contributed by atoms with Gasteiger partial charge in [-0.2, -0.15) is 0 Å². The molecule has 2 aromatic carbocycles. The molecular weight excluding hydrogens is 308 g/mol. The second kappa shape index (κ2) is 6.39. The summed E-state index contributed by atoms with van der Waals surface area (Å²) in [6.07, 6.45) is 0.781. The highest BCUT2D eigenvalue weighted by Crippen LogP contribution is 2.26. The summed E-state index contributed by atoms with van der Waals surface area (Å²) in [7, 11) is 0. The normalized spacial score (nSPS) is 10.7. The van der Waals surface area contributed by atoms with E-state index in [1.807, 2.05) is 50.2 Å². The zero-order valence-corrected chi connectivity index (χ0v) is 13.8. The summed E-state index contributed by atoms with van der Waals surface area (Å²) in [6.45, 7) is 3.99. The van der Waals surface area contributed by atoms with E-state index in [9.17, 15) is 4.79 Å². The Bertz CT molecular complexity index is 890. The molecule has 1 aromatic heterocycles. The van der Waals surface area contributed by atoms with E-state index in [1.165, 1.54) is 0 Å². The fraction of sp³-hybridized carbons (Fsp3) is 0.158. The van der Waals surface area contributed by atoms with Crippen molar-refractivity contribution in [3.05, 3.63) is 70.4 Å². The number of halogens is 1. The lowest BCUT2D eigenvalue weighted by Gasteiger charge is -2.14. The number of anilines is 1. The van der Waals surface area contributed by atoms with Gasteiger partial charge in [-0.05, 0) is 37.1 Å². The molecule has 0 spiro atoms. The molecule has 0 fully saturated rings. The van der Waals surface area contributed by atoms with E-state index in [1.54, 1.807) is 12.1 Å². The molecule has 0 aliphatic rings. The average Bonchev–Trinajstić information content (AvgIpc) is 2.56. The minimum Gasteiger partial charge on any atom is -0.321 e. The van der Waals surface area contributed by atoms with E-state index in [4.69, 9.17) is 11.6 Å². The van der Waals surface area contributed by atoms with Crippen LogP contribution in [0.2, 0.25) is 5.02 Å². The van der Waals surface area contributed by atoms with Gasteiger partial charge in [0, 0.05) is 11.1 Å². The van der Waals surface area contributed by atoms with Crippen molar-refractivity contribution in [2.45, 2.75) is 20.3 Å². The second-order valence-electron chi connectivity index (χ2n) is 5.36. The van der Waals surface area contributed by atoms with E-state index in [2.05, 4.69) is 10.3 Å². The van der Waals surface area contributed by atoms with E-state index >= 15 is 0 Å². The Balaban J connectivity index is 2.13. The molecule has 0 aliphatic heterocycles. The van der Waals surface area contributed by atoms with Crippen molar-refractivity contribution in [3.63, 3.8) is 0 Å². The summed E-state index contributed by atoms with van der Waals surface area (Å²) in [5.74, 6) is -0.163. The number of aromatic nitrogens is 1. The number of hydrogen-bond acceptors (Lipinski definition) is 2. The molecule has 0 bridgehead atoms. The van der Waals surface area contributed by atoms with Crippen LogP contribution in [0.25, 0.3) is 10.9 Å². The van der Waals surface area contributed by atoms with Gasteiger partial charge in [-0.25, -0.2) is 0 Å². The maximum atomic E-state index is 12.9. The van der Waals surface area contributed by atoms with Crippen LogP contribution in [0.15, 0.2) is 48.5 Å². The van der Waals surface area contributed by atoms with Gasteiger partial charge in [-0.3, -0.25) is 9.78 Å². The zero-order chi connectivity index (χ0) is 16.4. The zero-order valence-electron chi connectivity index (χ0n) is 13.1. The predicted molar refractivity (Wildman–Crippen MR) is 95.3 cm³/mol. The topological polar surface area (TPSA) is 42.0 Å². The number of benzene rings is 2. The van der Waals surface area contributed by atoms with Gasteiger partial charge < -0.3 is 5.32 Å². The van der Waals surface area contributed by atoms with Crippen LogP contribution in [-0.4, -0.2) is 10.9 Å². The molecule has 1 N–H and O–H groups in total. The Morgan fingerprint density at radius 2 is 1.83 bits per heavy atom. The smallest absolute Gasteiger partial charge is 0.256 e. The lowest BCUT2D eigenvalue weighted by molar-refractivity contribution is 0.102. The lowest BCUT2D eigenvalue weighted by Crippen LogP contribution is -2.16. The van der Waals surface area contributed by atoms with E-state index < -0.39 is 0 Å². The molecule has 3 rings (SSSR count). The SMILES string of the molecule is CCc1nc2ccccc2c(C(=O)Nc2ccccc2Cl)c1C. The first-order valence-electron chi connectivity index (χ1n) is 7.56. The number of nitrogens with one attached hydrogen (secondary N) is 1. The molecule has 1 amide bonds. The average molecular weight is 325 g/mol. The minimum atomic E-state index is -0.163. The number of hydrogen-bond donors (Lipinski definition) is 1. The Kier molecular flexibility index (Phi) is 4.30. The minimum absolute atomic E-state index is 0.163. The molecular formula is C19H17ClN2O. The molecule has 3 aromatic rings. The summed E-state index contributed by atoms with van der Waals surface area (Å²) in [5, 5.41) is 4.29. The number of pyridine rings is 1. The third kappa shape index (κ3) is 2.92. The Morgan fingerprint density at radius 1 is 1.13 bits per heavy atom. The van der Waals surface area contributed by atoms with Crippen molar-refractivity contribution in [2.24, 2.45) is 0 Å². The maximum Gasteiger partial charge on any atom is 0.256 e. The molecule has 1 heterocycles. The van der Waals surface area contributed by atoms with Gasteiger partial charge in [0.15, 0.2) is 0 Å². The molecule has 0 saturated heterocycles. The van der Waals surface area contributed by atoms with Gasteiger partial charge in [0.05, 0.1) is 21.8 Å². The number of rotatable bonds is 3. The van der Waals surface area contributed by atoms with Crippen LogP contribution in [0.1, 0.15) is 28.5 Å². The number of fused-ring (bicyclic) bond motifs is 1. The third-order valence-electron chi connectivity index (χ3n) is 3.92. The number of nitrogens with zero attached hydrogens (tertiary/aromatic N) is 1. The first-order valence-corrected chi connectivity index (χ1v) is 7.93. The Labute approximate surface area is 140 Å². The highest BCUT2D eigenvalue weighted by Gasteiger charge is 2.18. The Hall–Kier alpha value is -2.39. The van der Waals surface area contributed by atoms with Crippen LogP contribution in [0, 0.1) is 6.92 Å². The quantitative estimate of drug-likeness (QED) is 0.735. The van der Waals surface area contributed by atoms with Crippen molar-refractivity contribution in [3.8, 4) is 0 Å². The maximum absolute atomic E-state index is 12.9. The van der Waals surface area contributed by atoms with Crippen LogP contribution in [-0.2, 0) is 6.42 Å². The lowest BCUT2D eigenvalue weighted by atomic mass is 9.99. The van der Waals surface area contributed by atoms with Gasteiger partial charge in [-0.1, -0.05) is 48.9 Å². The van der Waals surface area contributed by atoms with Gasteiger partial charge in [0.1, 0.15) is 0 Å². The molecule has 4 heteroatoms. The molecule has 23 heavy (non-hydrogen) atoms. The van der Waals surface area contributed by atoms with Crippen molar-refractivity contribution in [2.75, 3.05) is 5.32 Å². The molecule has 116 valence electrons. The van der Waals surface area contributed by atoms with Crippen molar-refractivity contribution < 1.29 is 4.79 Å². The molecule has 3 nitrogen and oxygen atoms in total. The first-order chi connectivity index (χ1) is 11.1. The van der Waals surface area contributed by atoms with E-state index in [0.29, 0.717) is 16.3 Å².